The van der Waals surface area contributed by atoms with E-state index in [2.05, 4.69) is 30.0 Å². The minimum absolute atomic E-state index is 0.165. The van der Waals surface area contributed by atoms with Gasteiger partial charge in [-0.05, 0) is 70.6 Å². The molecule has 1 saturated carbocycles. The van der Waals surface area contributed by atoms with E-state index in [-0.39, 0.29) is 10.7 Å². The standard InChI is InChI=1S/C20H36N2O2S/c1-14-12-16-13-17(9-10-18(16)15(14)2)22-19(23)8-6-7-11-21-25(24)20(3,4)5/h10,14-17,21H,6-9,11-13H2,1-5H3,(H,22,23)/t14?,15?,16-,17?,25?/m1/s1. The van der Waals surface area contributed by atoms with Gasteiger partial charge in [0.1, 0.15) is 0 Å². The lowest BCUT2D eigenvalue weighted by Crippen LogP contribution is -2.37. The lowest BCUT2D eigenvalue weighted by atomic mass is 9.84. The van der Waals surface area contributed by atoms with Crippen molar-refractivity contribution in [1.82, 2.24) is 10.0 Å². The van der Waals surface area contributed by atoms with Crippen molar-refractivity contribution in [3.8, 4) is 0 Å². The third-order valence-corrected chi connectivity index (χ3v) is 7.28. The molecule has 0 saturated heterocycles. The van der Waals surface area contributed by atoms with E-state index in [0.717, 1.165) is 31.6 Å². The lowest BCUT2D eigenvalue weighted by molar-refractivity contribution is -0.122. The number of amides is 1. The Morgan fingerprint density at radius 1 is 1.24 bits per heavy atom. The second kappa shape index (κ2) is 8.81. The van der Waals surface area contributed by atoms with Crippen molar-refractivity contribution in [3.05, 3.63) is 11.6 Å². The van der Waals surface area contributed by atoms with E-state index in [9.17, 15) is 9.00 Å². The summed E-state index contributed by atoms with van der Waals surface area (Å²) >= 11 is 0. The maximum absolute atomic E-state index is 12.2. The highest BCUT2D eigenvalue weighted by molar-refractivity contribution is 7.84. The largest absolute Gasteiger partial charge is 0.353 e. The number of carbonyl (C=O) groups excluding carboxylic acids is 1. The van der Waals surface area contributed by atoms with Crippen LogP contribution >= 0.6 is 0 Å². The first-order chi connectivity index (χ1) is 11.7. The Morgan fingerprint density at radius 2 is 1.96 bits per heavy atom. The minimum atomic E-state index is -1.02. The molecule has 25 heavy (non-hydrogen) atoms. The summed E-state index contributed by atoms with van der Waals surface area (Å²) in [6.45, 7) is 11.3. The molecule has 0 spiro atoms. The van der Waals surface area contributed by atoms with Gasteiger partial charge in [-0.1, -0.05) is 25.5 Å². The van der Waals surface area contributed by atoms with Gasteiger partial charge in [0.15, 0.2) is 0 Å². The fraction of sp³-hybridized carbons (Fsp3) is 0.850. The van der Waals surface area contributed by atoms with Crippen LogP contribution in [0.5, 0.6) is 0 Å². The number of allylic oxidation sites excluding steroid dienone is 1. The summed E-state index contributed by atoms with van der Waals surface area (Å²) in [5.74, 6) is 2.34. The average molecular weight is 369 g/mol. The topological polar surface area (TPSA) is 58.2 Å². The molecule has 0 aromatic carbocycles. The molecule has 0 aromatic rings. The Bertz CT molecular complexity index is 524. The van der Waals surface area contributed by atoms with E-state index in [0.29, 0.717) is 30.8 Å². The molecular weight excluding hydrogens is 332 g/mol. The van der Waals surface area contributed by atoms with Crippen LogP contribution in [0, 0.1) is 17.8 Å². The molecule has 2 rings (SSSR count). The number of nitrogens with one attached hydrogen (secondary N) is 2. The van der Waals surface area contributed by atoms with Crippen LogP contribution in [-0.4, -0.2) is 27.4 Å². The normalized spacial score (nSPS) is 30.5. The van der Waals surface area contributed by atoms with Crippen LogP contribution < -0.4 is 10.0 Å². The van der Waals surface area contributed by atoms with Crippen molar-refractivity contribution in [3.63, 3.8) is 0 Å². The maximum atomic E-state index is 12.2. The SMILES string of the molecule is CC1C[C@@H]2CC(NC(=O)CCCCNS(=O)C(C)(C)C)CC=C2C1C. The van der Waals surface area contributed by atoms with Crippen molar-refractivity contribution >= 4 is 16.9 Å². The highest BCUT2D eigenvalue weighted by Gasteiger charge is 2.36. The molecule has 1 amide bonds. The predicted octanol–water partition coefficient (Wildman–Crippen LogP) is 3.71. The zero-order valence-electron chi connectivity index (χ0n) is 16.6. The van der Waals surface area contributed by atoms with Gasteiger partial charge in [0.2, 0.25) is 5.91 Å². The third kappa shape index (κ3) is 5.92. The summed E-state index contributed by atoms with van der Waals surface area (Å²) in [7, 11) is -1.02. The Balaban J connectivity index is 1.62. The van der Waals surface area contributed by atoms with Crippen molar-refractivity contribution in [2.75, 3.05) is 6.54 Å². The summed E-state index contributed by atoms with van der Waals surface area (Å²) in [6.07, 6.45) is 8.04. The van der Waals surface area contributed by atoms with Gasteiger partial charge in [0.05, 0.1) is 15.7 Å². The molecule has 0 bridgehead atoms. The monoisotopic (exact) mass is 368 g/mol. The molecular formula is C20H36N2O2S. The smallest absolute Gasteiger partial charge is 0.220 e. The van der Waals surface area contributed by atoms with Gasteiger partial charge in [-0.25, -0.2) is 8.93 Å². The summed E-state index contributed by atoms with van der Waals surface area (Å²) in [6, 6.07) is 0.310. The van der Waals surface area contributed by atoms with E-state index >= 15 is 0 Å². The van der Waals surface area contributed by atoms with Crippen molar-refractivity contribution < 1.29 is 9.00 Å². The van der Waals surface area contributed by atoms with Crippen molar-refractivity contribution in [2.45, 2.75) is 83.9 Å². The van der Waals surface area contributed by atoms with Gasteiger partial charge in [0.25, 0.3) is 0 Å². The van der Waals surface area contributed by atoms with Crippen molar-refractivity contribution in [2.24, 2.45) is 17.8 Å². The Kier molecular flexibility index (Phi) is 7.27. The molecule has 5 atom stereocenters. The molecule has 4 nitrogen and oxygen atoms in total. The minimum Gasteiger partial charge on any atom is -0.353 e. The molecule has 0 heterocycles. The van der Waals surface area contributed by atoms with Gasteiger partial charge in [-0.15, -0.1) is 0 Å². The fourth-order valence-corrected chi connectivity index (χ4v) is 4.76. The number of unbranched alkanes of at least 4 members (excludes halogenated alkanes) is 1. The first kappa shape index (κ1) is 20.6. The maximum Gasteiger partial charge on any atom is 0.220 e. The number of fused-ring (bicyclic) bond motifs is 1. The Hall–Kier alpha value is -0.680. The first-order valence-corrected chi connectivity index (χ1v) is 11.0. The van der Waals surface area contributed by atoms with Crippen LogP contribution in [0.15, 0.2) is 11.6 Å². The van der Waals surface area contributed by atoms with E-state index in [1.807, 2.05) is 20.8 Å². The third-order valence-electron chi connectivity index (χ3n) is 5.70. The second-order valence-corrected chi connectivity index (χ2v) is 10.9. The molecule has 2 aliphatic rings. The van der Waals surface area contributed by atoms with Gasteiger partial charge in [0, 0.05) is 19.0 Å². The van der Waals surface area contributed by atoms with Gasteiger partial charge < -0.3 is 5.32 Å². The molecule has 5 heteroatoms. The molecule has 4 unspecified atom stereocenters. The quantitative estimate of drug-likeness (QED) is 0.532. The lowest BCUT2D eigenvalue weighted by Gasteiger charge is -2.27. The molecule has 0 aliphatic heterocycles. The molecule has 1 fully saturated rings. The zero-order chi connectivity index (χ0) is 18.6. The molecule has 144 valence electrons. The Labute approximate surface area is 156 Å². The zero-order valence-corrected chi connectivity index (χ0v) is 17.4. The molecule has 0 radical (unpaired) electrons. The van der Waals surface area contributed by atoms with Crippen LogP contribution in [0.25, 0.3) is 0 Å². The van der Waals surface area contributed by atoms with Crippen LogP contribution in [0.3, 0.4) is 0 Å². The van der Waals surface area contributed by atoms with Crippen molar-refractivity contribution in [1.29, 1.82) is 0 Å². The van der Waals surface area contributed by atoms with E-state index in [1.165, 1.54) is 6.42 Å². The first-order valence-electron chi connectivity index (χ1n) is 9.83. The summed E-state index contributed by atoms with van der Waals surface area (Å²) in [5.41, 5.74) is 1.64. The van der Waals surface area contributed by atoms with E-state index < -0.39 is 11.0 Å². The summed E-state index contributed by atoms with van der Waals surface area (Å²) in [5, 5.41) is 3.22. The fourth-order valence-electron chi connectivity index (χ4n) is 4.00. The van der Waals surface area contributed by atoms with Crippen LogP contribution in [0.4, 0.5) is 0 Å². The number of carbonyl (C=O) groups is 1. The second-order valence-electron chi connectivity index (χ2n) is 8.87. The van der Waals surface area contributed by atoms with Gasteiger partial charge >= 0.3 is 0 Å². The summed E-state index contributed by atoms with van der Waals surface area (Å²) < 4.78 is 14.7. The van der Waals surface area contributed by atoms with Crippen LogP contribution in [0.1, 0.15) is 73.1 Å². The highest BCUT2D eigenvalue weighted by atomic mass is 32.2. The molecule has 2 N–H and O–H groups in total. The number of hydrogen-bond donors (Lipinski definition) is 2. The summed E-state index contributed by atoms with van der Waals surface area (Å²) in [4.78, 5) is 12.2. The van der Waals surface area contributed by atoms with E-state index in [4.69, 9.17) is 0 Å². The van der Waals surface area contributed by atoms with Gasteiger partial charge in [-0.2, -0.15) is 0 Å². The van der Waals surface area contributed by atoms with Crippen LogP contribution in [-0.2, 0) is 15.8 Å². The predicted molar refractivity (Wildman–Crippen MR) is 105 cm³/mol. The van der Waals surface area contributed by atoms with E-state index in [1.54, 1.807) is 5.57 Å². The average Bonchev–Trinajstić information content (AvgIpc) is 2.80. The molecule has 0 aromatic heterocycles. The highest BCUT2D eigenvalue weighted by Crippen LogP contribution is 2.45. The number of hydrogen-bond acceptors (Lipinski definition) is 2. The Morgan fingerprint density at radius 3 is 2.64 bits per heavy atom. The number of rotatable bonds is 7. The molecule has 2 aliphatic carbocycles. The van der Waals surface area contributed by atoms with Gasteiger partial charge in [-0.3, -0.25) is 4.79 Å². The van der Waals surface area contributed by atoms with Crippen LogP contribution in [0.2, 0.25) is 0 Å².